The van der Waals surface area contributed by atoms with Crippen molar-refractivity contribution in [1.29, 1.82) is 0 Å². The van der Waals surface area contributed by atoms with Crippen LogP contribution in [0.3, 0.4) is 0 Å². The summed E-state index contributed by atoms with van der Waals surface area (Å²) in [6, 6.07) is 0.162. The normalized spacial score (nSPS) is 22.0. The zero-order valence-electron chi connectivity index (χ0n) is 11.3. The van der Waals surface area contributed by atoms with Crippen molar-refractivity contribution in [2.75, 3.05) is 13.2 Å². The van der Waals surface area contributed by atoms with Crippen molar-refractivity contribution in [2.45, 2.75) is 58.1 Å². The van der Waals surface area contributed by atoms with Gasteiger partial charge in [-0.1, -0.05) is 13.8 Å². The van der Waals surface area contributed by atoms with Crippen molar-refractivity contribution in [1.82, 2.24) is 15.5 Å². The Kier molecular flexibility index (Phi) is 5.13. The number of hydrogen-bond donors (Lipinski definition) is 1. The number of ether oxygens (including phenoxy) is 1. The van der Waals surface area contributed by atoms with Crippen molar-refractivity contribution in [3.8, 4) is 0 Å². The maximum absolute atomic E-state index is 5.76. The lowest BCUT2D eigenvalue weighted by Crippen LogP contribution is -2.21. The molecule has 1 aromatic rings. The second-order valence-corrected chi connectivity index (χ2v) is 4.75. The Labute approximate surface area is 108 Å². The predicted molar refractivity (Wildman–Crippen MR) is 68.2 cm³/mol. The van der Waals surface area contributed by atoms with Gasteiger partial charge >= 0.3 is 0 Å². The molecule has 2 atom stereocenters. The smallest absolute Gasteiger partial charge is 0.245 e. The van der Waals surface area contributed by atoms with Crippen molar-refractivity contribution in [3.05, 3.63) is 11.8 Å². The summed E-state index contributed by atoms with van der Waals surface area (Å²) in [7, 11) is 0. The quantitative estimate of drug-likeness (QED) is 0.844. The molecule has 1 saturated heterocycles. The van der Waals surface area contributed by atoms with Crippen LogP contribution >= 0.6 is 0 Å². The van der Waals surface area contributed by atoms with E-state index in [1.165, 1.54) is 6.42 Å². The minimum atomic E-state index is 0.00341. The first-order valence-corrected chi connectivity index (χ1v) is 7.03. The molecule has 1 aliphatic heterocycles. The molecule has 1 N–H and O–H groups in total. The minimum Gasteiger partial charge on any atom is -0.421 e. The minimum absolute atomic E-state index is 0.00341. The van der Waals surface area contributed by atoms with E-state index in [4.69, 9.17) is 9.15 Å². The van der Waals surface area contributed by atoms with Crippen LogP contribution in [0.1, 0.15) is 69.9 Å². The highest BCUT2D eigenvalue weighted by molar-refractivity contribution is 4.93. The largest absolute Gasteiger partial charge is 0.421 e. The number of nitrogens with one attached hydrogen (secondary N) is 1. The van der Waals surface area contributed by atoms with Crippen molar-refractivity contribution < 1.29 is 9.15 Å². The lowest BCUT2D eigenvalue weighted by Gasteiger charge is -2.19. The van der Waals surface area contributed by atoms with Crippen LogP contribution in [0.5, 0.6) is 0 Å². The molecule has 18 heavy (non-hydrogen) atoms. The molecule has 5 heteroatoms. The lowest BCUT2D eigenvalue weighted by molar-refractivity contribution is -0.00241. The molecule has 0 spiro atoms. The summed E-state index contributed by atoms with van der Waals surface area (Å²) < 4.78 is 11.4. The third kappa shape index (κ3) is 3.29. The molecule has 1 aromatic heterocycles. The molecule has 0 amide bonds. The van der Waals surface area contributed by atoms with Gasteiger partial charge in [-0.2, -0.15) is 0 Å². The molecule has 0 aromatic carbocycles. The van der Waals surface area contributed by atoms with Gasteiger partial charge in [-0.15, -0.1) is 10.2 Å². The van der Waals surface area contributed by atoms with Crippen LogP contribution in [0, 0.1) is 0 Å². The molecular formula is C13H23N3O2. The molecule has 0 saturated carbocycles. The highest BCUT2D eigenvalue weighted by atomic mass is 16.5. The first kappa shape index (κ1) is 13.5. The van der Waals surface area contributed by atoms with E-state index in [-0.39, 0.29) is 12.1 Å². The van der Waals surface area contributed by atoms with E-state index in [1.807, 2.05) is 0 Å². The van der Waals surface area contributed by atoms with Gasteiger partial charge in [-0.05, 0) is 38.6 Å². The van der Waals surface area contributed by atoms with Crippen LogP contribution in [0.2, 0.25) is 0 Å². The third-order valence-corrected chi connectivity index (χ3v) is 3.26. The molecule has 5 nitrogen and oxygen atoms in total. The van der Waals surface area contributed by atoms with Gasteiger partial charge in [0.15, 0.2) is 0 Å². The average molecular weight is 253 g/mol. The SMILES string of the molecule is CCCNC(CC)c1nnc(C2CCCCO2)o1. The molecule has 2 rings (SSSR count). The van der Waals surface area contributed by atoms with Gasteiger partial charge in [-0.3, -0.25) is 0 Å². The number of hydrogen-bond acceptors (Lipinski definition) is 5. The Morgan fingerprint density at radius 3 is 2.89 bits per heavy atom. The van der Waals surface area contributed by atoms with Crippen molar-refractivity contribution in [3.63, 3.8) is 0 Å². The standard InChI is InChI=1S/C13H23N3O2/c1-3-8-14-10(4-2)12-15-16-13(18-12)11-7-5-6-9-17-11/h10-11,14H,3-9H2,1-2H3. The summed E-state index contributed by atoms with van der Waals surface area (Å²) >= 11 is 0. The van der Waals surface area contributed by atoms with Crippen LogP contribution in [0.4, 0.5) is 0 Å². The van der Waals surface area contributed by atoms with Crippen molar-refractivity contribution >= 4 is 0 Å². The van der Waals surface area contributed by atoms with E-state index < -0.39 is 0 Å². The molecule has 1 fully saturated rings. The highest BCUT2D eigenvalue weighted by Crippen LogP contribution is 2.28. The number of aromatic nitrogens is 2. The second kappa shape index (κ2) is 6.85. The van der Waals surface area contributed by atoms with E-state index >= 15 is 0 Å². The lowest BCUT2D eigenvalue weighted by atomic mass is 10.1. The first-order valence-electron chi connectivity index (χ1n) is 7.03. The van der Waals surface area contributed by atoms with Crippen molar-refractivity contribution in [2.24, 2.45) is 0 Å². The van der Waals surface area contributed by atoms with Gasteiger partial charge in [0.05, 0.1) is 6.04 Å². The molecule has 1 aliphatic rings. The maximum Gasteiger partial charge on any atom is 0.245 e. The zero-order chi connectivity index (χ0) is 12.8. The Morgan fingerprint density at radius 1 is 1.33 bits per heavy atom. The summed E-state index contributed by atoms with van der Waals surface area (Å²) in [5.41, 5.74) is 0. The summed E-state index contributed by atoms with van der Waals surface area (Å²) in [6.07, 6.45) is 5.35. The van der Waals surface area contributed by atoms with Crippen LogP contribution in [-0.2, 0) is 4.74 Å². The van der Waals surface area contributed by atoms with E-state index in [0.717, 1.165) is 38.8 Å². The molecule has 0 bridgehead atoms. The Balaban J connectivity index is 1.98. The summed E-state index contributed by atoms with van der Waals surface area (Å²) in [4.78, 5) is 0. The molecule has 0 aliphatic carbocycles. The van der Waals surface area contributed by atoms with E-state index in [9.17, 15) is 0 Å². The zero-order valence-corrected chi connectivity index (χ0v) is 11.3. The number of nitrogens with zero attached hydrogens (tertiary/aromatic N) is 2. The average Bonchev–Trinajstić information content (AvgIpc) is 2.90. The van der Waals surface area contributed by atoms with Gasteiger partial charge in [0.25, 0.3) is 0 Å². The Bertz CT molecular complexity index is 348. The summed E-state index contributed by atoms with van der Waals surface area (Å²) in [5, 5.41) is 11.7. The maximum atomic E-state index is 5.76. The van der Waals surface area contributed by atoms with Crippen LogP contribution < -0.4 is 5.32 Å². The topological polar surface area (TPSA) is 60.2 Å². The summed E-state index contributed by atoms with van der Waals surface area (Å²) in [5.74, 6) is 1.33. The van der Waals surface area contributed by atoms with E-state index in [1.54, 1.807) is 0 Å². The monoisotopic (exact) mass is 253 g/mol. The van der Waals surface area contributed by atoms with Gasteiger partial charge in [-0.25, -0.2) is 0 Å². The fraction of sp³-hybridized carbons (Fsp3) is 0.846. The van der Waals surface area contributed by atoms with Crippen LogP contribution in [0.25, 0.3) is 0 Å². The first-order chi connectivity index (χ1) is 8.85. The van der Waals surface area contributed by atoms with Crippen LogP contribution in [-0.4, -0.2) is 23.3 Å². The third-order valence-electron chi connectivity index (χ3n) is 3.26. The van der Waals surface area contributed by atoms with Gasteiger partial charge in [0.2, 0.25) is 11.8 Å². The predicted octanol–water partition coefficient (Wildman–Crippen LogP) is 2.76. The van der Waals surface area contributed by atoms with Crippen LogP contribution in [0.15, 0.2) is 4.42 Å². The fourth-order valence-corrected chi connectivity index (χ4v) is 2.18. The molecule has 2 heterocycles. The van der Waals surface area contributed by atoms with Gasteiger partial charge in [0.1, 0.15) is 6.10 Å². The Morgan fingerprint density at radius 2 is 2.22 bits per heavy atom. The van der Waals surface area contributed by atoms with E-state index in [2.05, 4.69) is 29.4 Å². The molecular weight excluding hydrogens is 230 g/mol. The molecule has 0 radical (unpaired) electrons. The highest BCUT2D eigenvalue weighted by Gasteiger charge is 2.24. The second-order valence-electron chi connectivity index (χ2n) is 4.75. The Hall–Kier alpha value is -0.940. The fourth-order valence-electron chi connectivity index (χ4n) is 2.18. The number of rotatable bonds is 6. The molecule has 2 unspecified atom stereocenters. The molecule has 102 valence electrons. The van der Waals surface area contributed by atoms with Gasteiger partial charge < -0.3 is 14.5 Å². The summed E-state index contributed by atoms with van der Waals surface area (Å²) in [6.45, 7) is 6.03. The van der Waals surface area contributed by atoms with E-state index in [0.29, 0.717) is 11.8 Å². The van der Waals surface area contributed by atoms with Gasteiger partial charge in [0, 0.05) is 6.61 Å².